The molecule has 1 saturated heterocycles. The van der Waals surface area contributed by atoms with Crippen molar-refractivity contribution in [3.05, 3.63) is 75.8 Å². The molecule has 0 saturated carbocycles. The molecule has 7 nitrogen and oxygen atoms in total. The Labute approximate surface area is 167 Å². The summed E-state index contributed by atoms with van der Waals surface area (Å²) >= 11 is 0. The van der Waals surface area contributed by atoms with Gasteiger partial charge in [-0.1, -0.05) is 12.1 Å². The maximum absolute atomic E-state index is 12.5. The number of nitro groups is 1. The summed E-state index contributed by atoms with van der Waals surface area (Å²) in [5.41, 5.74) is 0.820. The number of nitrogens with zero attached hydrogens (tertiary/aromatic N) is 2. The molecular weight excluding hydrogens is 372 g/mol. The number of amides is 1. The third kappa shape index (κ3) is 3.89. The predicted octanol–water partition coefficient (Wildman–Crippen LogP) is 3.63. The van der Waals surface area contributed by atoms with Gasteiger partial charge in [-0.25, -0.2) is 0 Å². The summed E-state index contributed by atoms with van der Waals surface area (Å²) in [5.74, 6) is 0.590. The predicted molar refractivity (Wildman–Crippen MR) is 107 cm³/mol. The minimum atomic E-state index is -0.537. The molecule has 0 bridgehead atoms. The minimum absolute atomic E-state index is 0.0124. The normalized spacial score (nSPS) is 17.8. The van der Waals surface area contributed by atoms with E-state index in [1.807, 2.05) is 18.2 Å². The van der Waals surface area contributed by atoms with Gasteiger partial charge in [0.05, 0.1) is 16.9 Å². The van der Waals surface area contributed by atoms with Crippen molar-refractivity contribution in [2.45, 2.75) is 24.9 Å². The highest BCUT2D eigenvalue weighted by Crippen LogP contribution is 2.39. The van der Waals surface area contributed by atoms with E-state index in [4.69, 9.17) is 4.74 Å². The Morgan fingerprint density at radius 3 is 2.48 bits per heavy atom. The number of Topliss-reactive ketones (excluding diaryl/α,β-unsaturated/α-hetero) is 1. The summed E-state index contributed by atoms with van der Waals surface area (Å²) in [6.07, 6.45) is 4.66. The summed E-state index contributed by atoms with van der Waals surface area (Å²) in [6, 6.07) is 13.3. The Kier molecular flexibility index (Phi) is 4.88. The molecule has 29 heavy (non-hydrogen) atoms. The van der Waals surface area contributed by atoms with Crippen molar-refractivity contribution >= 4 is 23.5 Å². The zero-order chi connectivity index (χ0) is 20.4. The minimum Gasteiger partial charge on any atom is -0.486 e. The molecule has 148 valence electrons. The number of non-ortho nitro benzene ring substituents is 1. The molecule has 0 aromatic heterocycles. The van der Waals surface area contributed by atoms with Crippen molar-refractivity contribution in [3.8, 4) is 5.75 Å². The number of likely N-dealkylation sites (tertiary alicyclic amines) is 1. The van der Waals surface area contributed by atoms with E-state index in [1.165, 1.54) is 18.2 Å². The SMILES string of the molecule is O=C1CC2(CCN(C(=O)C=Cc3ccc([N+](=O)[O-])cc3)CC2)Oc2ccccc21. The number of nitro benzene ring substituents is 1. The lowest BCUT2D eigenvalue weighted by Gasteiger charge is -2.43. The molecular formula is C22H20N2O5. The number of piperidine rings is 1. The molecule has 0 unspecified atom stereocenters. The van der Waals surface area contributed by atoms with E-state index in [1.54, 1.807) is 29.2 Å². The van der Waals surface area contributed by atoms with Gasteiger partial charge in [0, 0.05) is 44.1 Å². The van der Waals surface area contributed by atoms with Crippen molar-refractivity contribution in [1.82, 2.24) is 4.90 Å². The lowest BCUT2D eigenvalue weighted by molar-refractivity contribution is -0.384. The Hall–Kier alpha value is -3.48. The topological polar surface area (TPSA) is 89.8 Å². The van der Waals surface area contributed by atoms with Crippen LogP contribution in [0, 0.1) is 10.1 Å². The number of rotatable bonds is 3. The van der Waals surface area contributed by atoms with Crippen LogP contribution in [0.4, 0.5) is 5.69 Å². The van der Waals surface area contributed by atoms with Gasteiger partial charge in [0.2, 0.25) is 5.91 Å². The monoisotopic (exact) mass is 392 g/mol. The highest BCUT2D eigenvalue weighted by atomic mass is 16.6. The van der Waals surface area contributed by atoms with Crippen molar-refractivity contribution in [1.29, 1.82) is 0 Å². The van der Waals surface area contributed by atoms with E-state index in [0.717, 1.165) is 5.56 Å². The van der Waals surface area contributed by atoms with E-state index in [-0.39, 0.29) is 17.4 Å². The van der Waals surface area contributed by atoms with Crippen LogP contribution in [-0.2, 0) is 4.79 Å². The summed E-state index contributed by atoms with van der Waals surface area (Å²) in [5, 5.41) is 10.7. The molecule has 0 aliphatic carbocycles. The molecule has 4 rings (SSSR count). The number of carbonyl (C=O) groups excluding carboxylic acids is 2. The average Bonchev–Trinajstić information content (AvgIpc) is 2.73. The van der Waals surface area contributed by atoms with Crippen molar-refractivity contribution in [2.24, 2.45) is 0 Å². The van der Waals surface area contributed by atoms with Crippen LogP contribution in [0.2, 0.25) is 0 Å². The smallest absolute Gasteiger partial charge is 0.269 e. The molecule has 1 spiro atoms. The maximum Gasteiger partial charge on any atom is 0.269 e. The highest BCUT2D eigenvalue weighted by Gasteiger charge is 2.43. The van der Waals surface area contributed by atoms with Gasteiger partial charge in [-0.05, 0) is 35.9 Å². The average molecular weight is 392 g/mol. The fourth-order valence-corrected chi connectivity index (χ4v) is 3.84. The van der Waals surface area contributed by atoms with E-state index < -0.39 is 10.5 Å². The summed E-state index contributed by atoms with van der Waals surface area (Å²) < 4.78 is 6.19. The van der Waals surface area contributed by atoms with Crippen LogP contribution in [0.1, 0.15) is 35.2 Å². The molecule has 7 heteroatoms. The van der Waals surface area contributed by atoms with Gasteiger partial charge in [0.15, 0.2) is 5.78 Å². The van der Waals surface area contributed by atoms with E-state index in [0.29, 0.717) is 43.7 Å². The molecule has 0 N–H and O–H groups in total. The zero-order valence-electron chi connectivity index (χ0n) is 15.7. The molecule has 2 aromatic carbocycles. The summed E-state index contributed by atoms with van der Waals surface area (Å²) in [4.78, 5) is 37.0. The number of ketones is 1. The summed E-state index contributed by atoms with van der Waals surface area (Å²) in [6.45, 7) is 1.03. The standard InChI is InChI=1S/C22H20N2O5/c25-19-15-22(29-20-4-2-1-3-18(19)20)11-13-23(14-12-22)21(26)10-7-16-5-8-17(9-6-16)24(27)28/h1-10H,11-15H2. The third-order valence-corrected chi connectivity index (χ3v) is 5.51. The van der Waals surface area contributed by atoms with Crippen LogP contribution < -0.4 is 4.74 Å². The Morgan fingerprint density at radius 1 is 1.10 bits per heavy atom. The van der Waals surface area contributed by atoms with Gasteiger partial charge in [0.1, 0.15) is 11.4 Å². The molecule has 2 heterocycles. The van der Waals surface area contributed by atoms with Crippen molar-refractivity contribution in [2.75, 3.05) is 13.1 Å². The molecule has 0 atom stereocenters. The molecule has 2 aliphatic rings. The Bertz CT molecular complexity index is 989. The first-order valence-corrected chi connectivity index (χ1v) is 9.48. The van der Waals surface area contributed by atoms with E-state index >= 15 is 0 Å². The first-order chi connectivity index (χ1) is 14.0. The molecule has 1 amide bonds. The van der Waals surface area contributed by atoms with Crippen molar-refractivity contribution < 1.29 is 19.2 Å². The fraction of sp³-hybridized carbons (Fsp3) is 0.273. The summed E-state index contributed by atoms with van der Waals surface area (Å²) in [7, 11) is 0. The van der Waals surface area contributed by atoms with Gasteiger partial charge in [0.25, 0.3) is 5.69 Å². The molecule has 1 fully saturated rings. The van der Waals surface area contributed by atoms with Crippen molar-refractivity contribution in [3.63, 3.8) is 0 Å². The number of benzene rings is 2. The number of ether oxygens (including phenoxy) is 1. The van der Waals surface area contributed by atoms with Crippen LogP contribution in [0.15, 0.2) is 54.6 Å². The Morgan fingerprint density at radius 2 is 1.79 bits per heavy atom. The first-order valence-electron chi connectivity index (χ1n) is 9.48. The van der Waals surface area contributed by atoms with Crippen LogP contribution in [0.3, 0.4) is 0 Å². The lowest BCUT2D eigenvalue weighted by atomic mass is 9.82. The Balaban J connectivity index is 1.38. The second-order valence-electron chi connectivity index (χ2n) is 7.39. The third-order valence-electron chi connectivity index (χ3n) is 5.51. The number of hydrogen-bond donors (Lipinski definition) is 0. The largest absolute Gasteiger partial charge is 0.486 e. The molecule has 0 radical (unpaired) electrons. The number of para-hydroxylation sites is 1. The van der Waals surface area contributed by atoms with E-state index in [2.05, 4.69) is 0 Å². The van der Waals surface area contributed by atoms with Gasteiger partial charge in [-0.3, -0.25) is 19.7 Å². The van der Waals surface area contributed by atoms with Crippen LogP contribution in [0.25, 0.3) is 6.08 Å². The molecule has 2 aliphatic heterocycles. The van der Waals surface area contributed by atoms with Crippen LogP contribution in [0.5, 0.6) is 5.75 Å². The van der Waals surface area contributed by atoms with Gasteiger partial charge in [-0.2, -0.15) is 0 Å². The number of fused-ring (bicyclic) bond motifs is 1. The van der Waals surface area contributed by atoms with Crippen LogP contribution >= 0.6 is 0 Å². The lowest BCUT2D eigenvalue weighted by Crippen LogP contribution is -2.52. The number of hydrogen-bond acceptors (Lipinski definition) is 5. The highest BCUT2D eigenvalue weighted by molar-refractivity contribution is 6.00. The quantitative estimate of drug-likeness (QED) is 0.452. The van der Waals surface area contributed by atoms with Gasteiger partial charge >= 0.3 is 0 Å². The van der Waals surface area contributed by atoms with Gasteiger partial charge in [-0.15, -0.1) is 0 Å². The second-order valence-corrected chi connectivity index (χ2v) is 7.39. The van der Waals surface area contributed by atoms with Crippen LogP contribution in [-0.4, -0.2) is 40.2 Å². The fourth-order valence-electron chi connectivity index (χ4n) is 3.84. The van der Waals surface area contributed by atoms with E-state index in [9.17, 15) is 19.7 Å². The maximum atomic E-state index is 12.5. The molecule has 2 aromatic rings. The number of carbonyl (C=O) groups is 2. The zero-order valence-corrected chi connectivity index (χ0v) is 15.7. The van der Waals surface area contributed by atoms with Gasteiger partial charge < -0.3 is 9.64 Å². The first kappa shape index (κ1) is 18.9. The second kappa shape index (κ2) is 7.50.